The van der Waals surface area contributed by atoms with Gasteiger partial charge in [-0.3, -0.25) is 9.69 Å². The minimum atomic E-state index is 0.106. The number of hydrogen-bond acceptors (Lipinski definition) is 6. The fourth-order valence-corrected chi connectivity index (χ4v) is 5.62. The summed E-state index contributed by atoms with van der Waals surface area (Å²) in [7, 11) is 0. The van der Waals surface area contributed by atoms with E-state index in [4.69, 9.17) is 13.9 Å². The lowest BCUT2D eigenvalue weighted by Gasteiger charge is -2.39. The van der Waals surface area contributed by atoms with E-state index in [9.17, 15) is 4.79 Å². The van der Waals surface area contributed by atoms with Gasteiger partial charge in [-0.1, -0.05) is 18.2 Å². The number of piperazine rings is 1. The number of amides is 1. The quantitative estimate of drug-likeness (QED) is 0.467. The number of carbonyl (C=O) groups is 1. The summed E-state index contributed by atoms with van der Waals surface area (Å²) in [6.07, 6.45) is 9.88. The van der Waals surface area contributed by atoms with Crippen molar-refractivity contribution in [2.45, 2.75) is 31.7 Å². The van der Waals surface area contributed by atoms with Crippen molar-refractivity contribution in [2.75, 3.05) is 51.0 Å². The fraction of sp³-hybridized carbons (Fsp3) is 0.414. The number of para-hydroxylation sites is 1. The SMILES string of the molecule is O=C(C=Cc1ccc2c(c1)OCO2)N1CCCC[C@H]1CCN1CCN(c2coc3ccccc23)CC1. The molecule has 188 valence electrons. The lowest BCUT2D eigenvalue weighted by molar-refractivity contribution is -0.129. The number of piperidine rings is 1. The Morgan fingerprint density at radius 2 is 1.83 bits per heavy atom. The summed E-state index contributed by atoms with van der Waals surface area (Å²) in [5, 5.41) is 1.19. The van der Waals surface area contributed by atoms with Crippen LogP contribution in [-0.2, 0) is 4.79 Å². The third-order valence-electron chi connectivity index (χ3n) is 7.68. The van der Waals surface area contributed by atoms with E-state index >= 15 is 0 Å². The van der Waals surface area contributed by atoms with Crippen LogP contribution in [0.5, 0.6) is 11.5 Å². The van der Waals surface area contributed by atoms with E-state index in [-0.39, 0.29) is 12.7 Å². The van der Waals surface area contributed by atoms with Crippen molar-refractivity contribution >= 4 is 28.6 Å². The Morgan fingerprint density at radius 1 is 0.972 bits per heavy atom. The third-order valence-corrected chi connectivity index (χ3v) is 7.68. The zero-order valence-electron chi connectivity index (χ0n) is 20.6. The molecule has 36 heavy (non-hydrogen) atoms. The summed E-state index contributed by atoms with van der Waals surface area (Å²) in [4.78, 5) is 20.2. The van der Waals surface area contributed by atoms with Crippen LogP contribution in [0, 0.1) is 0 Å². The molecule has 0 N–H and O–H groups in total. The molecule has 1 atom stereocenters. The fourth-order valence-electron chi connectivity index (χ4n) is 5.62. The third kappa shape index (κ3) is 4.80. The maximum Gasteiger partial charge on any atom is 0.246 e. The predicted octanol–water partition coefficient (Wildman–Crippen LogP) is 4.77. The molecule has 0 radical (unpaired) electrons. The Balaban J connectivity index is 1.02. The number of carbonyl (C=O) groups excluding carboxylic acids is 1. The lowest BCUT2D eigenvalue weighted by Crippen LogP contribution is -2.49. The van der Waals surface area contributed by atoms with Gasteiger partial charge in [0, 0.05) is 56.8 Å². The number of nitrogens with zero attached hydrogens (tertiary/aromatic N) is 3. The molecule has 0 saturated carbocycles. The maximum atomic E-state index is 13.1. The summed E-state index contributed by atoms with van der Waals surface area (Å²) >= 11 is 0. The molecular formula is C29H33N3O4. The molecule has 6 rings (SSSR count). The molecular weight excluding hydrogens is 454 g/mol. The van der Waals surface area contributed by atoms with Gasteiger partial charge in [0.2, 0.25) is 12.7 Å². The molecule has 0 bridgehead atoms. The first kappa shape index (κ1) is 23.0. The maximum absolute atomic E-state index is 13.1. The molecule has 7 heteroatoms. The number of rotatable bonds is 6. The van der Waals surface area contributed by atoms with Crippen LogP contribution in [-0.4, -0.2) is 67.8 Å². The number of benzene rings is 2. The highest BCUT2D eigenvalue weighted by molar-refractivity contribution is 5.92. The number of fused-ring (bicyclic) bond motifs is 2. The number of ether oxygens (including phenoxy) is 2. The van der Waals surface area contributed by atoms with Crippen molar-refractivity contribution in [3.8, 4) is 11.5 Å². The standard InChI is InChI=1S/C29H33N3O4/c33-29(11-9-22-8-10-27-28(19-22)36-21-35-27)32-13-4-3-5-23(32)12-14-30-15-17-31(18-16-30)25-20-34-26-7-2-1-6-24(25)26/h1-2,6-11,19-20,23H,3-5,12-18,21H2/t23-/m0/s1. The Labute approximate surface area is 211 Å². The molecule has 3 aliphatic rings. The summed E-state index contributed by atoms with van der Waals surface area (Å²) in [5.41, 5.74) is 3.09. The summed E-state index contributed by atoms with van der Waals surface area (Å²) < 4.78 is 16.6. The molecule has 2 fully saturated rings. The van der Waals surface area contributed by atoms with Crippen LogP contribution in [0.15, 0.2) is 59.2 Å². The minimum absolute atomic E-state index is 0.106. The second kappa shape index (κ2) is 10.3. The largest absolute Gasteiger partial charge is 0.462 e. The average molecular weight is 488 g/mol. The summed E-state index contributed by atoms with van der Waals surface area (Å²) in [5.74, 6) is 1.60. The average Bonchev–Trinajstić information content (AvgIpc) is 3.58. The van der Waals surface area contributed by atoms with E-state index in [1.807, 2.05) is 42.7 Å². The van der Waals surface area contributed by atoms with E-state index in [2.05, 4.69) is 26.8 Å². The molecule has 0 unspecified atom stereocenters. The van der Waals surface area contributed by atoms with Crippen molar-refractivity contribution in [1.29, 1.82) is 0 Å². The van der Waals surface area contributed by atoms with Crippen LogP contribution in [0.1, 0.15) is 31.2 Å². The highest BCUT2D eigenvalue weighted by Crippen LogP contribution is 2.33. The van der Waals surface area contributed by atoms with Crippen LogP contribution in [0.2, 0.25) is 0 Å². The first-order valence-corrected chi connectivity index (χ1v) is 13.1. The molecule has 7 nitrogen and oxygen atoms in total. The number of likely N-dealkylation sites (tertiary alicyclic amines) is 1. The number of furan rings is 1. The smallest absolute Gasteiger partial charge is 0.246 e. The molecule has 2 saturated heterocycles. The van der Waals surface area contributed by atoms with Crippen LogP contribution >= 0.6 is 0 Å². The molecule has 1 aromatic heterocycles. The number of hydrogen-bond donors (Lipinski definition) is 0. The Bertz CT molecular complexity index is 1240. The lowest BCUT2D eigenvalue weighted by atomic mass is 9.98. The summed E-state index contributed by atoms with van der Waals surface area (Å²) in [6, 6.07) is 14.3. The Kier molecular flexibility index (Phi) is 6.55. The van der Waals surface area contributed by atoms with Gasteiger partial charge in [0.25, 0.3) is 0 Å². The van der Waals surface area contributed by atoms with E-state index in [1.54, 1.807) is 6.08 Å². The molecule has 0 spiro atoms. The Hall–Kier alpha value is -3.45. The predicted molar refractivity (Wildman–Crippen MR) is 140 cm³/mol. The van der Waals surface area contributed by atoms with Gasteiger partial charge in [0.1, 0.15) is 11.8 Å². The highest BCUT2D eigenvalue weighted by atomic mass is 16.7. The monoisotopic (exact) mass is 487 g/mol. The van der Waals surface area contributed by atoms with Crippen LogP contribution in [0.4, 0.5) is 5.69 Å². The zero-order chi connectivity index (χ0) is 24.3. The van der Waals surface area contributed by atoms with Crippen molar-refractivity contribution in [3.05, 3.63) is 60.4 Å². The van der Waals surface area contributed by atoms with Crippen LogP contribution < -0.4 is 14.4 Å². The van der Waals surface area contributed by atoms with Crippen molar-refractivity contribution < 1.29 is 18.7 Å². The molecule has 3 aromatic rings. The van der Waals surface area contributed by atoms with Crippen LogP contribution in [0.3, 0.4) is 0 Å². The highest BCUT2D eigenvalue weighted by Gasteiger charge is 2.27. The number of anilines is 1. The normalized spacial score (nSPS) is 20.5. The molecule has 4 heterocycles. The topological polar surface area (TPSA) is 58.4 Å². The van der Waals surface area contributed by atoms with Gasteiger partial charge in [-0.25, -0.2) is 0 Å². The van der Waals surface area contributed by atoms with Gasteiger partial charge in [-0.05, 0) is 61.6 Å². The summed E-state index contributed by atoms with van der Waals surface area (Å²) in [6.45, 7) is 6.18. The second-order valence-corrected chi connectivity index (χ2v) is 9.86. The van der Waals surface area contributed by atoms with Gasteiger partial charge < -0.3 is 23.7 Å². The first-order chi connectivity index (χ1) is 17.7. The van der Waals surface area contributed by atoms with E-state index in [0.717, 1.165) is 81.2 Å². The van der Waals surface area contributed by atoms with Crippen molar-refractivity contribution in [1.82, 2.24) is 9.80 Å². The van der Waals surface area contributed by atoms with Gasteiger partial charge in [-0.15, -0.1) is 0 Å². The van der Waals surface area contributed by atoms with E-state index < -0.39 is 0 Å². The second-order valence-electron chi connectivity index (χ2n) is 9.86. The van der Waals surface area contributed by atoms with E-state index in [1.165, 1.54) is 17.5 Å². The molecule has 2 aromatic carbocycles. The van der Waals surface area contributed by atoms with Gasteiger partial charge in [-0.2, -0.15) is 0 Å². The van der Waals surface area contributed by atoms with Crippen LogP contribution in [0.25, 0.3) is 17.0 Å². The molecule has 1 amide bonds. The van der Waals surface area contributed by atoms with Gasteiger partial charge in [0.05, 0.1) is 5.69 Å². The molecule has 3 aliphatic heterocycles. The minimum Gasteiger partial charge on any atom is -0.462 e. The molecule has 0 aliphatic carbocycles. The van der Waals surface area contributed by atoms with Crippen molar-refractivity contribution in [3.63, 3.8) is 0 Å². The van der Waals surface area contributed by atoms with Gasteiger partial charge >= 0.3 is 0 Å². The zero-order valence-corrected chi connectivity index (χ0v) is 20.6. The first-order valence-electron chi connectivity index (χ1n) is 13.1. The Morgan fingerprint density at radius 3 is 2.75 bits per heavy atom. The van der Waals surface area contributed by atoms with Crippen molar-refractivity contribution in [2.24, 2.45) is 0 Å². The van der Waals surface area contributed by atoms with Gasteiger partial charge in [0.15, 0.2) is 11.5 Å². The van der Waals surface area contributed by atoms with E-state index in [0.29, 0.717) is 6.04 Å².